The molecule has 5 heteroatoms. The molecule has 0 spiro atoms. The SMILES string of the molecule is CC(C)c1ccc(-c2cn3c4c(sc3n2)CCC4C(=O)O)cc1. The summed E-state index contributed by atoms with van der Waals surface area (Å²) in [4.78, 5) is 18.2. The molecule has 1 atom stereocenters. The zero-order valence-electron chi connectivity index (χ0n) is 13.1. The molecule has 1 aliphatic rings. The maximum Gasteiger partial charge on any atom is 0.312 e. The Hall–Kier alpha value is -2.14. The standard InChI is InChI=1S/C18H18N2O2S/c1-10(2)11-3-5-12(6-4-11)14-9-20-16-13(17(21)22)7-8-15(16)23-18(20)19-14/h3-6,9-10,13H,7-8H2,1-2H3,(H,21,22). The molecule has 4 rings (SSSR count). The number of aryl methyl sites for hydroxylation is 1. The van der Waals surface area contributed by atoms with Crippen molar-refractivity contribution in [2.75, 3.05) is 0 Å². The van der Waals surface area contributed by atoms with Gasteiger partial charge in [-0.25, -0.2) is 4.98 Å². The minimum Gasteiger partial charge on any atom is -0.481 e. The average molecular weight is 326 g/mol. The maximum absolute atomic E-state index is 11.5. The number of hydrogen-bond donors (Lipinski definition) is 1. The molecule has 0 saturated heterocycles. The highest BCUT2D eigenvalue weighted by Crippen LogP contribution is 2.39. The van der Waals surface area contributed by atoms with E-state index < -0.39 is 11.9 Å². The molecule has 1 unspecified atom stereocenters. The van der Waals surface area contributed by atoms with Gasteiger partial charge < -0.3 is 5.11 Å². The number of hydrogen-bond acceptors (Lipinski definition) is 3. The third kappa shape index (κ3) is 2.27. The zero-order valence-corrected chi connectivity index (χ0v) is 13.9. The van der Waals surface area contributed by atoms with Gasteiger partial charge in [-0.2, -0.15) is 0 Å². The Labute approximate surface area is 138 Å². The van der Waals surface area contributed by atoms with Crippen molar-refractivity contribution in [1.29, 1.82) is 0 Å². The van der Waals surface area contributed by atoms with E-state index >= 15 is 0 Å². The average Bonchev–Trinajstić information content (AvgIpc) is 3.17. The largest absolute Gasteiger partial charge is 0.481 e. The number of carbonyl (C=O) groups is 1. The van der Waals surface area contributed by atoms with Gasteiger partial charge in [0.05, 0.1) is 17.3 Å². The first-order chi connectivity index (χ1) is 11.0. The van der Waals surface area contributed by atoms with E-state index in [0.717, 1.165) is 28.3 Å². The molecule has 1 aliphatic carbocycles. The molecule has 2 aromatic heterocycles. The third-order valence-electron chi connectivity index (χ3n) is 4.59. The van der Waals surface area contributed by atoms with Crippen LogP contribution in [0, 0.1) is 0 Å². The second-order valence-electron chi connectivity index (χ2n) is 6.40. The van der Waals surface area contributed by atoms with Crippen LogP contribution in [-0.4, -0.2) is 20.5 Å². The summed E-state index contributed by atoms with van der Waals surface area (Å²) >= 11 is 1.62. The molecule has 1 N–H and O–H groups in total. The Morgan fingerprint density at radius 1 is 1.35 bits per heavy atom. The quantitative estimate of drug-likeness (QED) is 0.780. The van der Waals surface area contributed by atoms with Gasteiger partial charge >= 0.3 is 5.97 Å². The molecule has 0 aliphatic heterocycles. The van der Waals surface area contributed by atoms with Crippen LogP contribution in [0.5, 0.6) is 0 Å². The summed E-state index contributed by atoms with van der Waals surface area (Å²) in [5, 5.41) is 9.42. The fraction of sp³-hybridized carbons (Fsp3) is 0.333. The number of imidazole rings is 1. The first kappa shape index (κ1) is 14.5. The molecule has 118 valence electrons. The van der Waals surface area contributed by atoms with Gasteiger partial charge in [-0.3, -0.25) is 9.20 Å². The number of thiazole rings is 1. The lowest BCUT2D eigenvalue weighted by Gasteiger charge is -2.05. The van der Waals surface area contributed by atoms with E-state index in [0.29, 0.717) is 12.3 Å². The minimum absolute atomic E-state index is 0.399. The molecule has 1 aromatic carbocycles. The topological polar surface area (TPSA) is 54.6 Å². The number of carboxylic acid groups (broad SMARTS) is 1. The first-order valence-corrected chi connectivity index (χ1v) is 8.70. The first-order valence-electron chi connectivity index (χ1n) is 7.88. The number of nitrogens with zero attached hydrogens (tertiary/aromatic N) is 2. The fourth-order valence-corrected chi connectivity index (χ4v) is 4.46. The van der Waals surface area contributed by atoms with Crippen LogP contribution in [-0.2, 0) is 11.2 Å². The lowest BCUT2D eigenvalue weighted by Crippen LogP contribution is -2.09. The number of benzene rings is 1. The second-order valence-corrected chi connectivity index (χ2v) is 7.46. The van der Waals surface area contributed by atoms with Crippen molar-refractivity contribution >= 4 is 22.3 Å². The summed E-state index contributed by atoms with van der Waals surface area (Å²) in [5.41, 5.74) is 4.21. The number of rotatable bonds is 3. The van der Waals surface area contributed by atoms with Crippen molar-refractivity contribution in [3.05, 3.63) is 46.6 Å². The highest BCUT2D eigenvalue weighted by molar-refractivity contribution is 7.17. The van der Waals surface area contributed by atoms with Crippen LogP contribution in [0.2, 0.25) is 0 Å². The number of fused-ring (bicyclic) bond motifs is 3. The minimum atomic E-state index is -0.736. The molecule has 0 bridgehead atoms. The summed E-state index contributed by atoms with van der Waals surface area (Å²) < 4.78 is 1.98. The van der Waals surface area contributed by atoms with Crippen molar-refractivity contribution in [1.82, 2.24) is 9.38 Å². The fourth-order valence-electron chi connectivity index (χ4n) is 3.28. The molecular formula is C18H18N2O2S. The van der Waals surface area contributed by atoms with Gasteiger partial charge in [0.25, 0.3) is 0 Å². The van der Waals surface area contributed by atoms with Crippen molar-refractivity contribution in [2.45, 2.75) is 38.5 Å². The molecule has 3 aromatic rings. The predicted octanol–water partition coefficient (Wildman–Crippen LogP) is 4.30. The van der Waals surface area contributed by atoms with Crippen LogP contribution < -0.4 is 0 Å². The normalized spacial score (nSPS) is 17.1. The molecule has 0 fully saturated rings. The summed E-state index contributed by atoms with van der Waals surface area (Å²) in [6, 6.07) is 8.46. The highest BCUT2D eigenvalue weighted by atomic mass is 32.1. The summed E-state index contributed by atoms with van der Waals surface area (Å²) in [6.45, 7) is 4.36. The Kier molecular flexibility index (Phi) is 3.27. The van der Waals surface area contributed by atoms with Crippen LogP contribution in [0.4, 0.5) is 0 Å². The van der Waals surface area contributed by atoms with Gasteiger partial charge in [-0.05, 0) is 24.3 Å². The van der Waals surface area contributed by atoms with E-state index in [9.17, 15) is 9.90 Å². The molecule has 4 nitrogen and oxygen atoms in total. The molecular weight excluding hydrogens is 308 g/mol. The highest BCUT2D eigenvalue weighted by Gasteiger charge is 2.33. The summed E-state index contributed by atoms with van der Waals surface area (Å²) in [6.07, 6.45) is 3.53. The Morgan fingerprint density at radius 3 is 2.74 bits per heavy atom. The van der Waals surface area contributed by atoms with Gasteiger partial charge in [0.2, 0.25) is 0 Å². The van der Waals surface area contributed by atoms with Gasteiger partial charge in [0.1, 0.15) is 0 Å². The van der Waals surface area contributed by atoms with Crippen molar-refractivity contribution < 1.29 is 9.90 Å². The van der Waals surface area contributed by atoms with Crippen molar-refractivity contribution in [3.63, 3.8) is 0 Å². The monoisotopic (exact) mass is 326 g/mol. The van der Waals surface area contributed by atoms with Gasteiger partial charge in [-0.1, -0.05) is 38.1 Å². The Morgan fingerprint density at radius 2 is 2.09 bits per heavy atom. The van der Waals surface area contributed by atoms with Crippen LogP contribution in [0.15, 0.2) is 30.5 Å². The molecule has 0 saturated carbocycles. The van der Waals surface area contributed by atoms with Gasteiger partial charge in [-0.15, -0.1) is 11.3 Å². The van der Waals surface area contributed by atoms with E-state index in [1.807, 2.05) is 10.6 Å². The van der Waals surface area contributed by atoms with E-state index in [2.05, 4.69) is 38.1 Å². The zero-order chi connectivity index (χ0) is 16.1. The lowest BCUT2D eigenvalue weighted by atomic mass is 10.0. The molecule has 2 heterocycles. The molecule has 0 amide bonds. The third-order valence-corrected chi connectivity index (χ3v) is 5.72. The second kappa shape index (κ2) is 5.20. The van der Waals surface area contributed by atoms with E-state index in [-0.39, 0.29) is 0 Å². The van der Waals surface area contributed by atoms with Crippen molar-refractivity contribution in [3.8, 4) is 11.3 Å². The molecule has 0 radical (unpaired) electrons. The van der Waals surface area contributed by atoms with E-state index in [1.54, 1.807) is 11.3 Å². The number of aliphatic carboxylic acids is 1. The number of carboxylic acids is 1. The van der Waals surface area contributed by atoms with E-state index in [1.165, 1.54) is 10.4 Å². The Balaban J connectivity index is 1.77. The smallest absolute Gasteiger partial charge is 0.312 e. The van der Waals surface area contributed by atoms with Crippen LogP contribution in [0.25, 0.3) is 16.2 Å². The molecule has 23 heavy (non-hydrogen) atoms. The Bertz CT molecular complexity index is 890. The van der Waals surface area contributed by atoms with E-state index in [4.69, 9.17) is 4.98 Å². The summed E-state index contributed by atoms with van der Waals surface area (Å²) in [5.74, 6) is -0.627. The predicted molar refractivity (Wildman–Crippen MR) is 91.3 cm³/mol. The van der Waals surface area contributed by atoms with Crippen LogP contribution in [0.1, 0.15) is 48.2 Å². The maximum atomic E-state index is 11.5. The van der Waals surface area contributed by atoms with Crippen LogP contribution >= 0.6 is 11.3 Å². The lowest BCUT2D eigenvalue weighted by molar-refractivity contribution is -0.138. The van der Waals surface area contributed by atoms with Crippen LogP contribution in [0.3, 0.4) is 0 Å². The summed E-state index contributed by atoms with van der Waals surface area (Å²) in [7, 11) is 0. The van der Waals surface area contributed by atoms with Crippen molar-refractivity contribution in [2.24, 2.45) is 0 Å². The van der Waals surface area contributed by atoms with Gasteiger partial charge in [0, 0.05) is 16.6 Å². The number of aromatic nitrogens is 2. The van der Waals surface area contributed by atoms with Gasteiger partial charge in [0.15, 0.2) is 4.96 Å².